The van der Waals surface area contributed by atoms with Gasteiger partial charge in [0.05, 0.1) is 6.61 Å². The van der Waals surface area contributed by atoms with Crippen molar-refractivity contribution in [2.75, 3.05) is 19.0 Å². The molecule has 39 heavy (non-hydrogen) atoms. The third kappa shape index (κ3) is 17.1. The summed E-state index contributed by atoms with van der Waals surface area (Å²) >= 11 is 0. The van der Waals surface area contributed by atoms with E-state index in [1.165, 1.54) is 19.3 Å². The molecule has 1 saturated heterocycles. The number of hydrogen-bond acceptors (Lipinski definition) is 10. The maximum atomic E-state index is 11.9. The maximum absolute atomic E-state index is 11.9. The Balaban J connectivity index is 2.10. The van der Waals surface area contributed by atoms with Gasteiger partial charge < -0.3 is 34.6 Å². The quantitative estimate of drug-likeness (QED) is 0.0582. The first-order valence-corrected chi connectivity index (χ1v) is 15.6. The summed E-state index contributed by atoms with van der Waals surface area (Å²) in [5, 5.41) is 39.7. The Morgan fingerprint density at radius 3 is 2.13 bits per heavy atom. The molecule has 0 radical (unpaired) electrons. The zero-order chi connectivity index (χ0) is 29.1. The van der Waals surface area contributed by atoms with Crippen molar-refractivity contribution >= 4 is 16.1 Å². The van der Waals surface area contributed by atoms with Gasteiger partial charge in [-0.15, -0.1) is 0 Å². The molecular weight excluding hydrogens is 532 g/mol. The number of aliphatic hydroxyl groups excluding tert-OH is 4. The van der Waals surface area contributed by atoms with Crippen LogP contribution in [0.4, 0.5) is 0 Å². The third-order valence-corrected chi connectivity index (χ3v) is 7.01. The number of aliphatic hydroxyl groups is 4. The summed E-state index contributed by atoms with van der Waals surface area (Å²) in [5.41, 5.74) is 0. The normalized spacial score (nSPS) is 24.9. The van der Waals surface area contributed by atoms with E-state index in [0.717, 1.165) is 44.9 Å². The van der Waals surface area contributed by atoms with Crippen molar-refractivity contribution in [1.29, 1.82) is 0 Å². The first-order chi connectivity index (χ1) is 18.5. The van der Waals surface area contributed by atoms with Gasteiger partial charge in [-0.25, -0.2) is 0 Å². The molecule has 1 fully saturated rings. The van der Waals surface area contributed by atoms with Crippen LogP contribution >= 0.6 is 0 Å². The highest BCUT2D eigenvalue weighted by atomic mass is 32.2. The molecule has 0 aliphatic carbocycles. The van der Waals surface area contributed by atoms with Crippen molar-refractivity contribution in [3.63, 3.8) is 0 Å². The first kappa shape index (κ1) is 35.6. The van der Waals surface area contributed by atoms with Crippen molar-refractivity contribution in [3.05, 3.63) is 24.3 Å². The van der Waals surface area contributed by atoms with Crippen molar-refractivity contribution in [1.82, 2.24) is 0 Å². The van der Waals surface area contributed by atoms with Crippen LogP contribution in [0, 0.1) is 0 Å². The number of carbonyl (C=O) groups is 1. The second-order valence-corrected chi connectivity index (χ2v) is 11.4. The van der Waals surface area contributed by atoms with E-state index in [0.29, 0.717) is 6.42 Å². The number of unbranched alkanes of at least 4 members (excludes halogenated alkanes) is 8. The lowest BCUT2D eigenvalue weighted by molar-refractivity contribution is -0.296. The van der Waals surface area contributed by atoms with E-state index in [1.54, 1.807) is 0 Å². The highest BCUT2D eigenvalue weighted by Gasteiger charge is 2.45. The minimum Gasteiger partial charge on any atom is -0.463 e. The Morgan fingerprint density at radius 2 is 1.49 bits per heavy atom. The van der Waals surface area contributed by atoms with Gasteiger partial charge in [-0.3, -0.25) is 9.35 Å². The SMILES string of the molecule is CCCCC/C=C\C/C=C\CCCCCCCC(=O)OC[C@@H](O)CO[C@H]1O[C@H](CS(=O)(=O)O)[C@@H](O)[C@H](O)[C@H]1O. The average Bonchev–Trinajstić information content (AvgIpc) is 2.88. The molecule has 12 heteroatoms. The minimum absolute atomic E-state index is 0.226. The molecule has 1 aliphatic rings. The predicted molar refractivity (Wildman–Crippen MR) is 145 cm³/mol. The van der Waals surface area contributed by atoms with Crippen molar-refractivity contribution in [2.45, 2.75) is 121 Å². The van der Waals surface area contributed by atoms with E-state index in [-0.39, 0.29) is 13.0 Å². The topological polar surface area (TPSA) is 180 Å². The first-order valence-electron chi connectivity index (χ1n) is 13.9. The summed E-state index contributed by atoms with van der Waals surface area (Å²) in [5.74, 6) is -1.48. The largest absolute Gasteiger partial charge is 0.463 e. The fourth-order valence-electron chi connectivity index (χ4n) is 4.00. The Kier molecular flexibility index (Phi) is 18.7. The molecule has 0 aromatic rings. The number of esters is 1. The van der Waals surface area contributed by atoms with Crippen LogP contribution in [0.2, 0.25) is 0 Å². The molecule has 0 spiro atoms. The number of ether oxygens (including phenoxy) is 3. The fourth-order valence-corrected chi connectivity index (χ4v) is 4.69. The lowest BCUT2D eigenvalue weighted by Crippen LogP contribution is -2.60. The predicted octanol–water partition coefficient (Wildman–Crippen LogP) is 2.42. The van der Waals surface area contributed by atoms with Crippen molar-refractivity contribution in [2.24, 2.45) is 0 Å². The van der Waals surface area contributed by atoms with E-state index in [1.807, 2.05) is 0 Å². The standard InChI is InChI=1S/C27H48O11S/c1-2-3-4-5-6-7-8-9-10-11-12-13-14-15-16-17-23(29)36-18-21(28)19-37-27-26(32)25(31)24(30)22(38-27)20-39(33,34)35/h6-7,9-10,21-22,24-28,30-32H,2-5,8,11-20H2,1H3,(H,33,34,35)/b7-6-,10-9-/t21-,22-,24-,25+,26-,27+/m1/s1. The van der Waals surface area contributed by atoms with Gasteiger partial charge in [0.15, 0.2) is 6.29 Å². The highest BCUT2D eigenvalue weighted by Crippen LogP contribution is 2.23. The zero-order valence-corrected chi connectivity index (χ0v) is 23.8. The van der Waals surface area contributed by atoms with E-state index < -0.39 is 65.3 Å². The number of rotatable bonds is 21. The molecule has 1 rings (SSSR count). The molecule has 11 nitrogen and oxygen atoms in total. The van der Waals surface area contributed by atoms with Crippen LogP contribution in [-0.2, 0) is 29.1 Å². The summed E-state index contributed by atoms with van der Waals surface area (Å²) in [7, 11) is -4.54. The van der Waals surface area contributed by atoms with Crippen LogP contribution in [0.5, 0.6) is 0 Å². The summed E-state index contributed by atoms with van der Waals surface area (Å²) in [6, 6.07) is 0. The molecule has 0 unspecified atom stereocenters. The molecular formula is C27H48O11S. The van der Waals surface area contributed by atoms with Crippen LogP contribution in [0.25, 0.3) is 0 Å². The molecule has 1 heterocycles. The molecule has 228 valence electrons. The van der Waals surface area contributed by atoms with Gasteiger partial charge in [0.1, 0.15) is 42.9 Å². The molecule has 0 amide bonds. The number of allylic oxidation sites excluding steroid dienone is 4. The van der Waals surface area contributed by atoms with E-state index in [4.69, 9.17) is 18.8 Å². The Hall–Kier alpha value is -1.38. The van der Waals surface area contributed by atoms with Crippen LogP contribution in [0.3, 0.4) is 0 Å². The lowest BCUT2D eigenvalue weighted by Gasteiger charge is -2.40. The average molecular weight is 581 g/mol. The van der Waals surface area contributed by atoms with Crippen LogP contribution in [-0.4, -0.2) is 95.1 Å². The fraction of sp³-hybridized carbons (Fsp3) is 0.815. The maximum Gasteiger partial charge on any atom is 0.305 e. The lowest BCUT2D eigenvalue weighted by atomic mass is 10.00. The molecule has 0 bridgehead atoms. The Morgan fingerprint density at radius 1 is 0.872 bits per heavy atom. The minimum atomic E-state index is -4.54. The van der Waals surface area contributed by atoms with Gasteiger partial charge in [-0.2, -0.15) is 8.42 Å². The van der Waals surface area contributed by atoms with Gasteiger partial charge in [0.2, 0.25) is 0 Å². The summed E-state index contributed by atoms with van der Waals surface area (Å²) < 4.78 is 46.4. The highest BCUT2D eigenvalue weighted by molar-refractivity contribution is 7.85. The van der Waals surface area contributed by atoms with E-state index >= 15 is 0 Å². The van der Waals surface area contributed by atoms with Crippen LogP contribution in [0.1, 0.15) is 84.0 Å². The van der Waals surface area contributed by atoms with Gasteiger partial charge >= 0.3 is 5.97 Å². The van der Waals surface area contributed by atoms with Gasteiger partial charge in [0.25, 0.3) is 10.1 Å². The monoisotopic (exact) mass is 580 g/mol. The summed E-state index contributed by atoms with van der Waals surface area (Å²) in [6.07, 6.45) is 11.2. The molecule has 6 atom stereocenters. The van der Waals surface area contributed by atoms with Crippen LogP contribution in [0.15, 0.2) is 24.3 Å². The Labute approximate surface area is 232 Å². The second kappa shape index (κ2) is 20.5. The number of carbonyl (C=O) groups excluding carboxylic acids is 1. The van der Waals surface area contributed by atoms with Crippen LogP contribution < -0.4 is 0 Å². The number of hydrogen-bond donors (Lipinski definition) is 5. The van der Waals surface area contributed by atoms with Gasteiger partial charge in [-0.1, -0.05) is 63.3 Å². The van der Waals surface area contributed by atoms with E-state index in [9.17, 15) is 33.6 Å². The summed E-state index contributed by atoms with van der Waals surface area (Å²) in [4.78, 5) is 11.9. The third-order valence-electron chi connectivity index (χ3n) is 6.26. The molecule has 5 N–H and O–H groups in total. The van der Waals surface area contributed by atoms with Crippen molar-refractivity contribution in [3.8, 4) is 0 Å². The molecule has 0 saturated carbocycles. The van der Waals surface area contributed by atoms with Crippen molar-refractivity contribution < 1.29 is 52.4 Å². The second-order valence-electron chi connectivity index (χ2n) is 9.91. The smallest absolute Gasteiger partial charge is 0.305 e. The Bertz CT molecular complexity index is 815. The molecule has 0 aromatic heterocycles. The molecule has 0 aromatic carbocycles. The zero-order valence-electron chi connectivity index (χ0n) is 23.0. The van der Waals surface area contributed by atoms with Gasteiger partial charge in [-0.05, 0) is 38.5 Å². The van der Waals surface area contributed by atoms with Gasteiger partial charge in [0, 0.05) is 6.42 Å². The van der Waals surface area contributed by atoms with E-state index in [2.05, 4.69) is 31.2 Å². The molecule has 1 aliphatic heterocycles. The summed E-state index contributed by atoms with van der Waals surface area (Å²) in [6.45, 7) is 1.39.